The normalized spacial score (nSPS) is 42.9. The largest absolute Gasteiger partial charge is 0.462 e. The van der Waals surface area contributed by atoms with Crippen molar-refractivity contribution < 1.29 is 9.53 Å². The second-order valence-corrected chi connectivity index (χ2v) is 6.08. The second-order valence-electron chi connectivity index (χ2n) is 6.08. The summed E-state index contributed by atoms with van der Waals surface area (Å²) in [6.07, 6.45) is 7.62. The van der Waals surface area contributed by atoms with Crippen molar-refractivity contribution >= 4 is 5.97 Å². The first-order valence-corrected chi connectivity index (χ1v) is 6.76. The highest BCUT2D eigenvalue weighted by molar-refractivity contribution is 5.74. The van der Waals surface area contributed by atoms with E-state index < -0.39 is 0 Å². The summed E-state index contributed by atoms with van der Waals surface area (Å²) in [5.74, 6) is 0.678. The Labute approximate surface area is 98.7 Å². The third-order valence-corrected chi connectivity index (χ3v) is 4.67. The summed E-state index contributed by atoms with van der Waals surface area (Å²) in [4.78, 5) is 11.5. The van der Waals surface area contributed by atoms with Crippen molar-refractivity contribution in [2.24, 2.45) is 17.3 Å². The van der Waals surface area contributed by atoms with E-state index in [-0.39, 0.29) is 18.0 Å². The average molecular weight is 224 g/mol. The molecule has 4 atom stereocenters. The van der Waals surface area contributed by atoms with Crippen LogP contribution in [-0.2, 0) is 9.53 Å². The van der Waals surface area contributed by atoms with Crippen molar-refractivity contribution in [2.75, 3.05) is 0 Å². The van der Waals surface area contributed by atoms with E-state index in [9.17, 15) is 4.79 Å². The maximum absolute atomic E-state index is 11.5. The minimum atomic E-state index is 0.0368. The lowest BCUT2D eigenvalue weighted by molar-refractivity contribution is -0.145. The third kappa shape index (κ3) is 2.11. The molecule has 1 heterocycles. The molecule has 0 radical (unpaired) electrons. The first kappa shape index (κ1) is 11.9. The molecule has 0 aromatic rings. The van der Waals surface area contributed by atoms with Gasteiger partial charge < -0.3 is 4.74 Å². The van der Waals surface area contributed by atoms with E-state index in [4.69, 9.17) is 4.74 Å². The minimum Gasteiger partial charge on any atom is -0.462 e. The molecule has 0 aromatic carbocycles. The van der Waals surface area contributed by atoms with Crippen LogP contribution >= 0.6 is 0 Å². The number of rotatable bonds is 3. The Hall–Kier alpha value is -0.530. The fourth-order valence-corrected chi connectivity index (χ4v) is 3.40. The maximum Gasteiger partial charge on any atom is 0.309 e. The molecule has 0 amide bonds. The van der Waals surface area contributed by atoms with Gasteiger partial charge in [-0.2, -0.15) is 0 Å². The van der Waals surface area contributed by atoms with E-state index in [0.29, 0.717) is 11.3 Å². The maximum atomic E-state index is 11.5. The van der Waals surface area contributed by atoms with Gasteiger partial charge in [0, 0.05) is 5.92 Å². The molecule has 2 rings (SSSR count). The molecule has 1 saturated carbocycles. The van der Waals surface area contributed by atoms with Gasteiger partial charge in [0.25, 0.3) is 0 Å². The van der Waals surface area contributed by atoms with Crippen LogP contribution in [-0.4, -0.2) is 12.1 Å². The highest BCUT2D eigenvalue weighted by Crippen LogP contribution is 2.48. The lowest BCUT2D eigenvalue weighted by atomic mass is 9.66. The minimum absolute atomic E-state index is 0.0368. The molecule has 2 fully saturated rings. The van der Waals surface area contributed by atoms with Crippen LogP contribution in [0, 0.1) is 17.3 Å². The third-order valence-electron chi connectivity index (χ3n) is 4.67. The average Bonchev–Trinajstić information content (AvgIpc) is 2.51. The molecule has 0 spiro atoms. The number of fused-ring (bicyclic) bond motifs is 1. The number of hydrogen-bond donors (Lipinski definition) is 0. The number of hydrogen-bond acceptors (Lipinski definition) is 2. The topological polar surface area (TPSA) is 26.3 Å². The van der Waals surface area contributed by atoms with E-state index in [0.717, 1.165) is 6.42 Å². The van der Waals surface area contributed by atoms with Gasteiger partial charge in [0.05, 0.1) is 5.92 Å². The molecule has 2 aliphatic rings. The van der Waals surface area contributed by atoms with Crippen LogP contribution in [0.25, 0.3) is 0 Å². The van der Waals surface area contributed by atoms with Crippen LogP contribution in [0.2, 0.25) is 0 Å². The zero-order valence-corrected chi connectivity index (χ0v) is 10.8. The second kappa shape index (κ2) is 4.38. The van der Waals surface area contributed by atoms with Gasteiger partial charge in [-0.05, 0) is 31.1 Å². The van der Waals surface area contributed by atoms with Gasteiger partial charge in [-0.1, -0.05) is 33.6 Å². The van der Waals surface area contributed by atoms with Crippen LogP contribution < -0.4 is 0 Å². The predicted molar refractivity (Wildman–Crippen MR) is 64.0 cm³/mol. The summed E-state index contributed by atoms with van der Waals surface area (Å²) in [5, 5.41) is 0. The summed E-state index contributed by atoms with van der Waals surface area (Å²) < 4.78 is 5.51. The van der Waals surface area contributed by atoms with Gasteiger partial charge in [0.1, 0.15) is 6.10 Å². The molecule has 16 heavy (non-hydrogen) atoms. The Bertz CT molecular complexity index is 274. The smallest absolute Gasteiger partial charge is 0.309 e. The lowest BCUT2D eigenvalue weighted by Crippen LogP contribution is -2.34. The molecular formula is C14H24O2. The molecule has 1 aliphatic heterocycles. The molecule has 0 N–H and O–H groups in total. The van der Waals surface area contributed by atoms with Gasteiger partial charge >= 0.3 is 5.97 Å². The van der Waals surface area contributed by atoms with Crippen molar-refractivity contribution in [1.29, 1.82) is 0 Å². The molecule has 92 valence electrons. The fraction of sp³-hybridized carbons (Fsp3) is 0.929. The molecular weight excluding hydrogens is 200 g/mol. The number of esters is 1. The van der Waals surface area contributed by atoms with Crippen LogP contribution in [0.4, 0.5) is 0 Å². The number of carbonyl (C=O) groups is 1. The highest BCUT2D eigenvalue weighted by Gasteiger charge is 2.48. The van der Waals surface area contributed by atoms with Gasteiger partial charge in [-0.25, -0.2) is 0 Å². The lowest BCUT2D eigenvalue weighted by Gasteiger charge is -2.39. The SMILES string of the molecule is CCCC[C@@]1(C)CC[C@H]2[C@H](C1)OC(=O)[C@H]2C. The summed E-state index contributed by atoms with van der Waals surface area (Å²) >= 11 is 0. The summed E-state index contributed by atoms with van der Waals surface area (Å²) in [6.45, 7) is 6.64. The fourth-order valence-electron chi connectivity index (χ4n) is 3.40. The molecule has 1 aliphatic carbocycles. The van der Waals surface area contributed by atoms with Crippen molar-refractivity contribution in [3.63, 3.8) is 0 Å². The van der Waals surface area contributed by atoms with E-state index in [1.54, 1.807) is 0 Å². The van der Waals surface area contributed by atoms with Crippen LogP contribution in [0.5, 0.6) is 0 Å². The van der Waals surface area contributed by atoms with E-state index >= 15 is 0 Å². The van der Waals surface area contributed by atoms with Crippen molar-refractivity contribution in [1.82, 2.24) is 0 Å². The summed E-state index contributed by atoms with van der Waals surface area (Å²) in [5.41, 5.74) is 0.418. The van der Waals surface area contributed by atoms with Crippen molar-refractivity contribution in [2.45, 2.75) is 65.4 Å². The predicted octanol–water partition coefficient (Wildman–Crippen LogP) is 3.54. The number of unbranched alkanes of at least 4 members (excludes halogenated alkanes) is 1. The molecule has 2 nitrogen and oxygen atoms in total. The zero-order chi connectivity index (χ0) is 11.8. The zero-order valence-electron chi connectivity index (χ0n) is 10.8. The molecule has 0 unspecified atom stereocenters. The van der Waals surface area contributed by atoms with Crippen LogP contribution in [0.3, 0.4) is 0 Å². The standard InChI is InChI=1S/C14H24O2/c1-4-5-7-14(3)8-6-11-10(2)13(15)16-12(11)9-14/h10-12H,4-9H2,1-3H3/t10-,11+,12-,14-/m0/s1. The van der Waals surface area contributed by atoms with E-state index in [1.165, 1.54) is 32.1 Å². The van der Waals surface area contributed by atoms with Crippen molar-refractivity contribution in [3.05, 3.63) is 0 Å². The quantitative estimate of drug-likeness (QED) is 0.685. The Balaban J connectivity index is 1.98. The number of carbonyl (C=O) groups excluding carboxylic acids is 1. The number of ether oxygens (including phenoxy) is 1. The van der Waals surface area contributed by atoms with E-state index in [2.05, 4.69) is 13.8 Å². The Morgan fingerprint density at radius 3 is 2.94 bits per heavy atom. The first-order chi connectivity index (χ1) is 7.56. The van der Waals surface area contributed by atoms with Gasteiger partial charge in [-0.3, -0.25) is 4.79 Å². The summed E-state index contributed by atoms with van der Waals surface area (Å²) in [7, 11) is 0. The molecule has 0 aromatic heterocycles. The van der Waals surface area contributed by atoms with Gasteiger partial charge in [-0.15, -0.1) is 0 Å². The van der Waals surface area contributed by atoms with Crippen LogP contribution in [0.1, 0.15) is 59.3 Å². The summed E-state index contributed by atoms with van der Waals surface area (Å²) in [6, 6.07) is 0. The van der Waals surface area contributed by atoms with Gasteiger partial charge in [0.2, 0.25) is 0 Å². The molecule has 0 bridgehead atoms. The molecule has 2 heteroatoms. The highest BCUT2D eigenvalue weighted by atomic mass is 16.6. The van der Waals surface area contributed by atoms with E-state index in [1.807, 2.05) is 6.92 Å². The monoisotopic (exact) mass is 224 g/mol. The molecule has 1 saturated heterocycles. The Kier molecular flexibility index (Phi) is 3.27. The van der Waals surface area contributed by atoms with Gasteiger partial charge in [0.15, 0.2) is 0 Å². The van der Waals surface area contributed by atoms with Crippen molar-refractivity contribution in [3.8, 4) is 0 Å². The first-order valence-electron chi connectivity index (χ1n) is 6.76. The Morgan fingerprint density at radius 2 is 2.25 bits per heavy atom. The Morgan fingerprint density at radius 1 is 1.50 bits per heavy atom. The van der Waals surface area contributed by atoms with Crippen LogP contribution in [0.15, 0.2) is 0 Å².